The number of carbonyl (C=O) groups excluding carboxylic acids is 2. The lowest BCUT2D eigenvalue weighted by atomic mass is 10.1. The summed E-state index contributed by atoms with van der Waals surface area (Å²) in [7, 11) is -3.05. The van der Waals surface area contributed by atoms with Crippen LogP contribution in [0.1, 0.15) is 17.5 Å². The average Bonchev–Trinajstić information content (AvgIpc) is 2.82. The van der Waals surface area contributed by atoms with Gasteiger partial charge < -0.3 is 10.1 Å². The monoisotopic (exact) mass is 337 g/mol. The van der Waals surface area contributed by atoms with Crippen LogP contribution in [0.2, 0.25) is 0 Å². The van der Waals surface area contributed by atoms with Gasteiger partial charge in [0.2, 0.25) is 0 Å². The van der Waals surface area contributed by atoms with E-state index in [1.165, 1.54) is 6.08 Å². The van der Waals surface area contributed by atoms with E-state index in [0.29, 0.717) is 6.42 Å². The van der Waals surface area contributed by atoms with Gasteiger partial charge in [-0.15, -0.1) is 0 Å². The van der Waals surface area contributed by atoms with E-state index in [9.17, 15) is 18.0 Å². The van der Waals surface area contributed by atoms with Crippen LogP contribution in [-0.2, 0) is 24.2 Å². The lowest BCUT2D eigenvalue weighted by molar-refractivity contribution is -0.143. The number of amides is 1. The first kappa shape index (κ1) is 17.2. The molecule has 0 radical (unpaired) electrons. The molecule has 1 aliphatic heterocycles. The van der Waals surface area contributed by atoms with Gasteiger partial charge in [0.1, 0.15) is 0 Å². The van der Waals surface area contributed by atoms with Gasteiger partial charge in [0.25, 0.3) is 5.91 Å². The molecule has 0 spiro atoms. The second-order valence-corrected chi connectivity index (χ2v) is 7.75. The van der Waals surface area contributed by atoms with Crippen molar-refractivity contribution >= 4 is 27.8 Å². The van der Waals surface area contributed by atoms with E-state index >= 15 is 0 Å². The number of hydrogen-bond donors (Lipinski definition) is 1. The molecular weight excluding hydrogens is 318 g/mol. The van der Waals surface area contributed by atoms with Gasteiger partial charge in [-0.3, -0.25) is 4.79 Å². The predicted molar refractivity (Wildman–Crippen MR) is 86.4 cm³/mol. The normalized spacial score (nSPS) is 19.6. The Morgan fingerprint density at radius 3 is 2.83 bits per heavy atom. The molecule has 1 atom stereocenters. The van der Waals surface area contributed by atoms with Crippen molar-refractivity contribution in [3.8, 4) is 0 Å². The Bertz CT molecular complexity index is 724. The smallest absolute Gasteiger partial charge is 0.331 e. The largest absolute Gasteiger partial charge is 0.452 e. The second-order valence-electron chi connectivity index (χ2n) is 5.52. The minimum Gasteiger partial charge on any atom is -0.452 e. The van der Waals surface area contributed by atoms with Gasteiger partial charge in [0.05, 0.1) is 11.5 Å². The van der Waals surface area contributed by atoms with E-state index in [4.69, 9.17) is 4.74 Å². The van der Waals surface area contributed by atoms with Gasteiger partial charge >= 0.3 is 5.97 Å². The highest BCUT2D eigenvalue weighted by Gasteiger charge is 2.28. The first-order valence-corrected chi connectivity index (χ1v) is 9.07. The zero-order valence-corrected chi connectivity index (χ0v) is 13.6. The van der Waals surface area contributed by atoms with Crippen molar-refractivity contribution in [2.24, 2.45) is 0 Å². The van der Waals surface area contributed by atoms with Crippen LogP contribution >= 0.6 is 0 Å². The molecule has 1 heterocycles. The van der Waals surface area contributed by atoms with Crippen LogP contribution in [0, 0.1) is 6.92 Å². The Morgan fingerprint density at radius 1 is 1.39 bits per heavy atom. The Morgan fingerprint density at radius 2 is 2.17 bits per heavy atom. The summed E-state index contributed by atoms with van der Waals surface area (Å²) in [5.41, 5.74) is 1.94. The maximum Gasteiger partial charge on any atom is 0.331 e. The number of benzene rings is 1. The van der Waals surface area contributed by atoms with Crippen molar-refractivity contribution in [3.05, 3.63) is 41.5 Å². The van der Waals surface area contributed by atoms with Crippen LogP contribution in [0.5, 0.6) is 0 Å². The fourth-order valence-electron chi connectivity index (χ4n) is 2.30. The highest BCUT2D eigenvalue weighted by Crippen LogP contribution is 2.11. The van der Waals surface area contributed by atoms with Crippen molar-refractivity contribution in [1.29, 1.82) is 0 Å². The molecule has 7 heteroatoms. The molecule has 0 bridgehead atoms. The lowest BCUT2D eigenvalue weighted by Gasteiger charge is -2.10. The second kappa shape index (κ2) is 7.41. The summed E-state index contributed by atoms with van der Waals surface area (Å²) in [6.07, 6.45) is 3.26. The summed E-state index contributed by atoms with van der Waals surface area (Å²) in [6, 6.07) is 7.20. The van der Waals surface area contributed by atoms with Crippen molar-refractivity contribution < 1.29 is 22.7 Å². The van der Waals surface area contributed by atoms with Crippen LogP contribution in [0.4, 0.5) is 0 Å². The van der Waals surface area contributed by atoms with Gasteiger partial charge in [-0.1, -0.05) is 29.8 Å². The van der Waals surface area contributed by atoms with Gasteiger partial charge in [-0.05, 0) is 25.0 Å². The van der Waals surface area contributed by atoms with Gasteiger partial charge in [0.15, 0.2) is 16.4 Å². The minimum atomic E-state index is -3.05. The van der Waals surface area contributed by atoms with Crippen molar-refractivity contribution in [2.75, 3.05) is 18.1 Å². The molecule has 1 aliphatic rings. The molecular formula is C16H19NO5S. The number of sulfone groups is 1. The molecule has 23 heavy (non-hydrogen) atoms. The van der Waals surface area contributed by atoms with Crippen molar-refractivity contribution in [2.45, 2.75) is 19.4 Å². The molecule has 124 valence electrons. The zero-order valence-electron chi connectivity index (χ0n) is 12.8. The van der Waals surface area contributed by atoms with Gasteiger partial charge in [-0.2, -0.15) is 0 Å². The quantitative estimate of drug-likeness (QED) is 0.636. The van der Waals surface area contributed by atoms with E-state index in [0.717, 1.165) is 11.1 Å². The third-order valence-electron chi connectivity index (χ3n) is 3.40. The van der Waals surface area contributed by atoms with Crippen LogP contribution in [0.25, 0.3) is 6.08 Å². The number of ether oxygens (including phenoxy) is 1. The fourth-order valence-corrected chi connectivity index (χ4v) is 3.97. The fraction of sp³-hybridized carbons (Fsp3) is 0.375. The maximum absolute atomic E-state index is 11.6. The van der Waals surface area contributed by atoms with Crippen molar-refractivity contribution in [3.63, 3.8) is 0 Å². The number of hydrogen-bond acceptors (Lipinski definition) is 5. The third kappa shape index (κ3) is 5.86. The maximum atomic E-state index is 11.6. The summed E-state index contributed by atoms with van der Waals surface area (Å²) >= 11 is 0. The van der Waals surface area contributed by atoms with Crippen LogP contribution in [0.3, 0.4) is 0 Å². The van der Waals surface area contributed by atoms with Crippen LogP contribution < -0.4 is 5.32 Å². The molecule has 0 aromatic heterocycles. The summed E-state index contributed by atoms with van der Waals surface area (Å²) in [5, 5.41) is 2.55. The van der Waals surface area contributed by atoms with E-state index in [1.807, 2.05) is 31.2 Å². The molecule has 1 amide bonds. The first-order valence-electron chi connectivity index (χ1n) is 7.25. The summed E-state index contributed by atoms with van der Waals surface area (Å²) < 4.78 is 27.4. The van der Waals surface area contributed by atoms with E-state index in [-0.39, 0.29) is 11.5 Å². The molecule has 6 nitrogen and oxygen atoms in total. The summed E-state index contributed by atoms with van der Waals surface area (Å²) in [5.74, 6) is -1.10. The molecule has 1 fully saturated rings. The van der Waals surface area contributed by atoms with Crippen molar-refractivity contribution in [1.82, 2.24) is 5.32 Å². The van der Waals surface area contributed by atoms with Gasteiger partial charge in [-0.25, -0.2) is 13.2 Å². The first-order chi connectivity index (χ1) is 10.8. The summed E-state index contributed by atoms with van der Waals surface area (Å²) in [6.45, 7) is 1.52. The predicted octanol–water partition coefficient (Wildman–Crippen LogP) is 0.855. The standard InChI is InChI=1S/C16H19NO5S/c1-12-3-2-4-13(9-12)5-6-16(19)22-10-15(18)17-14-7-8-23(20,21)11-14/h2-6,9,14H,7-8,10-11H2,1H3,(H,17,18)/b6-5+/t14-/m0/s1. The van der Waals surface area contributed by atoms with Gasteiger partial charge in [0, 0.05) is 12.1 Å². The van der Waals surface area contributed by atoms with Crippen LogP contribution in [0.15, 0.2) is 30.3 Å². The highest BCUT2D eigenvalue weighted by molar-refractivity contribution is 7.91. The highest BCUT2D eigenvalue weighted by atomic mass is 32.2. The zero-order chi connectivity index (χ0) is 16.9. The molecule has 0 unspecified atom stereocenters. The summed E-state index contributed by atoms with van der Waals surface area (Å²) in [4.78, 5) is 23.2. The molecule has 1 aromatic rings. The topological polar surface area (TPSA) is 89.5 Å². The SMILES string of the molecule is Cc1cccc(/C=C/C(=O)OCC(=O)N[C@H]2CCS(=O)(=O)C2)c1. The van der Waals surface area contributed by atoms with E-state index in [2.05, 4.69) is 5.32 Å². The Hall–Kier alpha value is -2.15. The number of aryl methyl sites for hydroxylation is 1. The molecule has 0 aliphatic carbocycles. The number of rotatable bonds is 5. The Labute approximate surface area is 135 Å². The van der Waals surface area contributed by atoms with Crippen LogP contribution in [-0.4, -0.2) is 44.4 Å². The lowest BCUT2D eigenvalue weighted by Crippen LogP contribution is -2.38. The molecule has 1 aromatic carbocycles. The number of esters is 1. The van der Waals surface area contributed by atoms with E-state index in [1.54, 1.807) is 6.08 Å². The number of nitrogens with one attached hydrogen (secondary N) is 1. The average molecular weight is 337 g/mol. The molecule has 1 saturated heterocycles. The Balaban J connectivity index is 1.75. The third-order valence-corrected chi connectivity index (χ3v) is 5.17. The molecule has 2 rings (SSSR count). The van der Waals surface area contributed by atoms with E-state index < -0.39 is 34.4 Å². The molecule has 1 N–H and O–H groups in total. The number of carbonyl (C=O) groups is 2. The Kier molecular flexibility index (Phi) is 5.54. The molecule has 0 saturated carbocycles. The minimum absolute atomic E-state index is 0.0556.